The van der Waals surface area contributed by atoms with Crippen LogP contribution in [-0.4, -0.2) is 6.71 Å². The van der Waals surface area contributed by atoms with E-state index in [2.05, 4.69) is 225 Å². The molecule has 15 rings (SSSR count). The summed E-state index contributed by atoms with van der Waals surface area (Å²) in [5.41, 5.74) is 28.7. The summed E-state index contributed by atoms with van der Waals surface area (Å²) in [6.45, 7) is 42.2. The van der Waals surface area contributed by atoms with Gasteiger partial charge in [-0.25, -0.2) is 0 Å². The Kier molecular flexibility index (Phi) is 10.2. The molecule has 0 saturated heterocycles. The fraction of sp³-hybridized carbons (Fsp3) is 0.486. The summed E-state index contributed by atoms with van der Waals surface area (Å²) >= 11 is 0. The number of hydrogen-bond donors (Lipinski definition) is 0. The molecule has 8 aliphatic rings. The van der Waals surface area contributed by atoms with Crippen molar-refractivity contribution in [1.29, 1.82) is 0 Å². The Morgan fingerprint density at radius 1 is 0.423 bits per heavy atom. The molecule has 0 amide bonds. The summed E-state index contributed by atoms with van der Waals surface area (Å²) in [4.78, 5) is 5.52. The third kappa shape index (κ3) is 7.01. The highest BCUT2D eigenvalue weighted by molar-refractivity contribution is 7.00. The van der Waals surface area contributed by atoms with E-state index in [4.69, 9.17) is 4.42 Å². The lowest BCUT2D eigenvalue weighted by Crippen LogP contribution is -2.61. The first kappa shape index (κ1) is 50.7. The molecule has 3 nitrogen and oxygen atoms in total. The van der Waals surface area contributed by atoms with Crippen LogP contribution in [0, 0.1) is 0 Å². The van der Waals surface area contributed by atoms with Gasteiger partial charge in [-0.1, -0.05) is 160 Å². The van der Waals surface area contributed by atoms with Gasteiger partial charge in [0.05, 0.1) is 17.0 Å². The quantitative estimate of drug-likeness (QED) is 0.164. The van der Waals surface area contributed by atoms with Gasteiger partial charge in [0.1, 0.15) is 5.58 Å². The zero-order valence-electron chi connectivity index (χ0n) is 50.7. The molecular formula is C74H87BN2O. The van der Waals surface area contributed by atoms with Gasteiger partial charge in [0, 0.05) is 33.7 Å². The van der Waals surface area contributed by atoms with E-state index in [1.165, 1.54) is 145 Å². The first-order chi connectivity index (χ1) is 36.4. The van der Waals surface area contributed by atoms with Crippen molar-refractivity contribution < 1.29 is 4.42 Å². The largest absolute Gasteiger partial charge is 0.468 e. The van der Waals surface area contributed by atoms with Gasteiger partial charge in [0.25, 0.3) is 6.71 Å². The lowest BCUT2D eigenvalue weighted by molar-refractivity contribution is 0.188. The molecule has 1 aromatic heterocycles. The standard InChI is InChI=1S/C74H87BN2O/c1-66(2,3)45-35-60-63-61(36-45)77(58-41-53-51(69(8,9)27-29-71(53,12)13)38-47(58)44-21-19-18-20-22-44)64-48-39-55-56(74(17)33-31-73(55,16)32-34-74)43-62(48)78-65(64)75(63)57-40-52-54(72(14,15)30-28-70(52,10)11)42-59(57)76(60)46-23-24-49-50(37-46)68(6,7)26-25-67(49,4)5/h18-24,35-43H,25-34H2,1-17H3. The Bertz CT molecular complexity index is 3730. The Labute approximate surface area is 469 Å². The highest BCUT2D eigenvalue weighted by Crippen LogP contribution is 2.60. The van der Waals surface area contributed by atoms with E-state index in [1.807, 2.05) is 0 Å². The van der Waals surface area contributed by atoms with Crippen LogP contribution in [0.4, 0.5) is 34.1 Å². The van der Waals surface area contributed by atoms with Gasteiger partial charge < -0.3 is 14.2 Å². The van der Waals surface area contributed by atoms with E-state index in [-0.39, 0.29) is 55.4 Å². The van der Waals surface area contributed by atoms with E-state index in [0.29, 0.717) is 0 Å². The second kappa shape index (κ2) is 15.7. The summed E-state index contributed by atoms with van der Waals surface area (Å²) in [5, 5.41) is 1.26. The minimum atomic E-state index is -0.159. The van der Waals surface area contributed by atoms with Crippen molar-refractivity contribution in [1.82, 2.24) is 0 Å². The maximum atomic E-state index is 7.97. The molecule has 7 aromatic rings. The van der Waals surface area contributed by atoms with Gasteiger partial charge >= 0.3 is 0 Å². The fourth-order valence-electron chi connectivity index (χ4n) is 16.8. The van der Waals surface area contributed by atoms with Crippen LogP contribution in [-0.2, 0) is 48.7 Å². The molecule has 2 aliphatic heterocycles. The predicted molar refractivity (Wildman–Crippen MR) is 333 cm³/mol. The van der Waals surface area contributed by atoms with Crippen LogP contribution in [0.2, 0.25) is 0 Å². The number of rotatable bonds is 3. The minimum absolute atomic E-state index is 0.00628. The summed E-state index contributed by atoms with van der Waals surface area (Å²) in [6, 6.07) is 40.1. The third-order valence-corrected chi connectivity index (χ3v) is 22.8. The van der Waals surface area contributed by atoms with E-state index in [1.54, 1.807) is 5.56 Å². The minimum Gasteiger partial charge on any atom is -0.468 e. The smallest absolute Gasteiger partial charge is 0.297 e. The second-order valence-electron chi connectivity index (χ2n) is 31.9. The summed E-state index contributed by atoms with van der Waals surface area (Å²) in [5.74, 6) is 0. The van der Waals surface area contributed by atoms with Crippen molar-refractivity contribution in [2.24, 2.45) is 0 Å². The molecular weight excluding hydrogens is 944 g/mol. The zero-order chi connectivity index (χ0) is 55.0. The molecule has 4 heteroatoms. The van der Waals surface area contributed by atoms with Crippen LogP contribution in [0.1, 0.15) is 232 Å². The van der Waals surface area contributed by atoms with E-state index in [9.17, 15) is 0 Å². The molecule has 1 saturated carbocycles. The Hall–Kier alpha value is -5.48. The molecule has 0 unspecified atom stereocenters. The van der Waals surface area contributed by atoms with Crippen LogP contribution in [0.3, 0.4) is 0 Å². The Morgan fingerprint density at radius 2 is 0.897 bits per heavy atom. The van der Waals surface area contributed by atoms with Crippen molar-refractivity contribution in [3.8, 4) is 11.1 Å². The normalized spacial score (nSPS) is 24.9. The van der Waals surface area contributed by atoms with Crippen molar-refractivity contribution in [3.05, 3.63) is 147 Å². The number of anilines is 6. The van der Waals surface area contributed by atoms with Crippen LogP contribution >= 0.6 is 0 Å². The van der Waals surface area contributed by atoms with Gasteiger partial charge in [0.2, 0.25) is 0 Å². The first-order valence-corrected chi connectivity index (χ1v) is 30.4. The molecule has 1 fully saturated rings. The van der Waals surface area contributed by atoms with Gasteiger partial charge in [-0.3, -0.25) is 0 Å². The SMILES string of the molecule is CC(C)(C)c1cc2c3c(c1)N(c1cc4c(cc1-c1ccccc1)C(C)(C)CCC4(C)C)c1c(oc4cc5c(cc14)C1(C)CCC5(C)CC1)B3c1cc3c(cc1N2c1ccc2c(c1)C(C)(C)CCC2(C)C)C(C)(C)CCC3(C)C. The van der Waals surface area contributed by atoms with Crippen LogP contribution in [0.5, 0.6) is 0 Å². The molecule has 0 N–H and O–H groups in total. The molecule has 6 aliphatic carbocycles. The molecule has 78 heavy (non-hydrogen) atoms. The molecule has 0 atom stereocenters. The maximum absolute atomic E-state index is 7.97. The molecule has 0 radical (unpaired) electrons. The molecule has 6 aromatic carbocycles. The van der Waals surface area contributed by atoms with Crippen LogP contribution in [0.25, 0.3) is 22.1 Å². The highest BCUT2D eigenvalue weighted by Gasteiger charge is 2.53. The highest BCUT2D eigenvalue weighted by atomic mass is 16.3. The molecule has 3 heterocycles. The number of furan rings is 1. The second-order valence-corrected chi connectivity index (χ2v) is 31.9. The third-order valence-electron chi connectivity index (χ3n) is 22.8. The van der Waals surface area contributed by atoms with Crippen molar-refractivity contribution in [3.63, 3.8) is 0 Å². The number of nitrogens with zero attached hydrogens (tertiary/aromatic N) is 2. The Morgan fingerprint density at radius 3 is 1.45 bits per heavy atom. The van der Waals surface area contributed by atoms with Crippen LogP contribution in [0.15, 0.2) is 101 Å². The molecule has 0 spiro atoms. The molecule has 402 valence electrons. The van der Waals surface area contributed by atoms with Gasteiger partial charge in [0.15, 0.2) is 0 Å². The van der Waals surface area contributed by atoms with Crippen molar-refractivity contribution in [2.75, 3.05) is 9.80 Å². The number of fused-ring (bicyclic) bond motifs is 11. The van der Waals surface area contributed by atoms with Gasteiger partial charge in [-0.2, -0.15) is 0 Å². The summed E-state index contributed by atoms with van der Waals surface area (Å²) in [6.07, 6.45) is 11.9. The molecule has 2 bridgehead atoms. The fourth-order valence-corrected chi connectivity index (χ4v) is 16.8. The lowest BCUT2D eigenvalue weighted by atomic mass is 9.35. The van der Waals surface area contributed by atoms with Gasteiger partial charge in [-0.05, 0) is 234 Å². The summed E-state index contributed by atoms with van der Waals surface area (Å²) in [7, 11) is 0. The van der Waals surface area contributed by atoms with Crippen molar-refractivity contribution in [2.45, 2.75) is 231 Å². The average Bonchev–Trinajstić information content (AvgIpc) is 2.47. The average molecular weight is 1030 g/mol. The van der Waals surface area contributed by atoms with E-state index >= 15 is 0 Å². The lowest BCUT2D eigenvalue weighted by Gasteiger charge is -2.52. The van der Waals surface area contributed by atoms with Gasteiger partial charge in [-0.15, -0.1) is 0 Å². The van der Waals surface area contributed by atoms with E-state index in [0.717, 1.165) is 36.9 Å². The summed E-state index contributed by atoms with van der Waals surface area (Å²) < 4.78 is 7.97. The number of hydrogen-bond acceptors (Lipinski definition) is 3. The predicted octanol–water partition coefficient (Wildman–Crippen LogP) is 18.6. The monoisotopic (exact) mass is 1030 g/mol. The number of benzene rings is 6. The maximum Gasteiger partial charge on any atom is 0.297 e. The zero-order valence-corrected chi connectivity index (χ0v) is 50.7. The van der Waals surface area contributed by atoms with Crippen molar-refractivity contribution >= 4 is 68.4 Å². The van der Waals surface area contributed by atoms with E-state index < -0.39 is 0 Å². The van der Waals surface area contributed by atoms with Crippen LogP contribution < -0.4 is 26.4 Å². The first-order valence-electron chi connectivity index (χ1n) is 30.4. The Balaban J connectivity index is 1.17. The topological polar surface area (TPSA) is 19.6 Å².